The average Bonchev–Trinajstić information content (AvgIpc) is 2.48. The van der Waals surface area contributed by atoms with Crippen molar-refractivity contribution in [3.05, 3.63) is 84.0 Å². The van der Waals surface area contributed by atoms with Gasteiger partial charge in [0, 0.05) is 16.9 Å². The third kappa shape index (κ3) is 3.34. The summed E-state index contributed by atoms with van der Waals surface area (Å²) in [4.78, 5) is 1.31. The zero-order valence-corrected chi connectivity index (χ0v) is 12.3. The largest absolute Gasteiger partial charge is 0.418 e. The van der Waals surface area contributed by atoms with Crippen LogP contribution in [0.3, 0.4) is 0 Å². The smallest absolute Gasteiger partial charge is 0.317 e. The molecule has 0 aliphatic heterocycles. The summed E-state index contributed by atoms with van der Waals surface area (Å²) in [7, 11) is 0. The highest BCUT2D eigenvalue weighted by atomic mass is 35.5. The van der Waals surface area contributed by atoms with Crippen molar-refractivity contribution in [3.63, 3.8) is 0 Å². The molecule has 2 rings (SSSR count). The number of anilines is 1. The van der Waals surface area contributed by atoms with E-state index in [4.69, 9.17) is 11.6 Å². The fraction of sp³-hybridized carbons (Fsp3) is 0.0588. The summed E-state index contributed by atoms with van der Waals surface area (Å²) < 4.78 is 39.5. The van der Waals surface area contributed by atoms with Crippen LogP contribution >= 0.6 is 11.6 Å². The Balaban J connectivity index is 2.47. The number of rotatable bonds is 4. The molecule has 0 unspecified atom stereocenters. The van der Waals surface area contributed by atoms with Gasteiger partial charge < -0.3 is 4.90 Å². The SMILES string of the molecule is C=CN(C(=C)c1ccc(Cl)cc1)c1ccccc1C(F)(F)F. The molecular weight excluding hydrogens is 311 g/mol. The first-order valence-corrected chi connectivity index (χ1v) is 6.75. The van der Waals surface area contributed by atoms with Crippen LogP contribution in [0.15, 0.2) is 67.9 Å². The van der Waals surface area contributed by atoms with E-state index in [0.29, 0.717) is 16.3 Å². The minimum atomic E-state index is -4.46. The maximum Gasteiger partial charge on any atom is 0.418 e. The molecule has 0 aliphatic carbocycles. The lowest BCUT2D eigenvalue weighted by Crippen LogP contribution is -2.18. The third-order valence-electron chi connectivity index (χ3n) is 3.12. The highest BCUT2D eigenvalue weighted by Gasteiger charge is 2.34. The van der Waals surface area contributed by atoms with Crippen molar-refractivity contribution < 1.29 is 13.2 Å². The monoisotopic (exact) mass is 323 g/mol. The first-order chi connectivity index (χ1) is 10.3. The zero-order valence-electron chi connectivity index (χ0n) is 11.6. The maximum atomic E-state index is 13.2. The molecule has 0 N–H and O–H groups in total. The van der Waals surface area contributed by atoms with Crippen molar-refractivity contribution in [2.75, 3.05) is 4.90 Å². The molecule has 1 nitrogen and oxygen atoms in total. The number of hydrogen-bond acceptors (Lipinski definition) is 1. The van der Waals surface area contributed by atoms with Gasteiger partial charge in [-0.15, -0.1) is 0 Å². The summed E-state index contributed by atoms with van der Waals surface area (Å²) in [5.41, 5.74) is 0.264. The van der Waals surface area contributed by atoms with Gasteiger partial charge in [0.2, 0.25) is 0 Å². The fourth-order valence-corrected chi connectivity index (χ4v) is 2.18. The molecule has 22 heavy (non-hydrogen) atoms. The summed E-state index contributed by atoms with van der Waals surface area (Å²) >= 11 is 5.82. The van der Waals surface area contributed by atoms with Crippen molar-refractivity contribution in [3.8, 4) is 0 Å². The summed E-state index contributed by atoms with van der Waals surface area (Å²) in [6, 6.07) is 12.0. The number of alkyl halides is 3. The normalized spacial score (nSPS) is 11.1. The molecule has 0 spiro atoms. The Morgan fingerprint density at radius 2 is 1.64 bits per heavy atom. The van der Waals surface area contributed by atoms with Crippen LogP contribution in [0, 0.1) is 0 Å². The Morgan fingerprint density at radius 3 is 2.18 bits per heavy atom. The minimum Gasteiger partial charge on any atom is -0.317 e. The van der Waals surface area contributed by atoms with Gasteiger partial charge in [-0.05, 0) is 29.8 Å². The molecule has 0 heterocycles. The second kappa shape index (κ2) is 6.28. The Hall–Kier alpha value is -2.20. The van der Waals surface area contributed by atoms with E-state index in [0.717, 1.165) is 6.07 Å². The zero-order chi connectivity index (χ0) is 16.3. The number of halogens is 4. The van der Waals surface area contributed by atoms with Crippen LogP contribution in [0.5, 0.6) is 0 Å². The van der Waals surface area contributed by atoms with E-state index in [1.807, 2.05) is 0 Å². The molecule has 2 aromatic carbocycles. The van der Waals surface area contributed by atoms with Gasteiger partial charge in [-0.1, -0.05) is 49.0 Å². The summed E-state index contributed by atoms with van der Waals surface area (Å²) in [5, 5.41) is 0.539. The molecular formula is C17H13ClF3N. The highest BCUT2D eigenvalue weighted by molar-refractivity contribution is 6.30. The van der Waals surface area contributed by atoms with Crippen molar-refractivity contribution in [2.45, 2.75) is 6.18 Å². The molecule has 0 saturated heterocycles. The number of nitrogens with zero attached hydrogens (tertiary/aromatic N) is 1. The van der Waals surface area contributed by atoms with E-state index in [9.17, 15) is 13.2 Å². The van der Waals surface area contributed by atoms with Gasteiger partial charge in [-0.25, -0.2) is 0 Å². The lowest BCUT2D eigenvalue weighted by Gasteiger charge is -2.26. The second-order valence-electron chi connectivity index (χ2n) is 4.52. The van der Waals surface area contributed by atoms with Gasteiger partial charge in [0.1, 0.15) is 0 Å². The van der Waals surface area contributed by atoms with E-state index in [-0.39, 0.29) is 5.69 Å². The van der Waals surface area contributed by atoms with Gasteiger partial charge in [0.15, 0.2) is 0 Å². The van der Waals surface area contributed by atoms with Crippen LogP contribution in [0.2, 0.25) is 5.02 Å². The number of para-hydroxylation sites is 1. The fourth-order valence-electron chi connectivity index (χ4n) is 2.06. The van der Waals surface area contributed by atoms with Crippen LogP contribution in [-0.2, 0) is 6.18 Å². The molecule has 0 aliphatic rings. The molecule has 5 heteroatoms. The molecule has 0 saturated carbocycles. The Morgan fingerprint density at radius 1 is 1.05 bits per heavy atom. The molecule has 0 aromatic heterocycles. The first kappa shape index (κ1) is 16.2. The van der Waals surface area contributed by atoms with Gasteiger partial charge in [-0.3, -0.25) is 0 Å². The van der Waals surface area contributed by atoms with Crippen molar-refractivity contribution in [1.29, 1.82) is 0 Å². The van der Waals surface area contributed by atoms with E-state index in [1.165, 1.54) is 29.3 Å². The Kier molecular flexibility index (Phi) is 4.62. The van der Waals surface area contributed by atoms with E-state index in [2.05, 4.69) is 13.2 Å². The van der Waals surface area contributed by atoms with Gasteiger partial charge in [0.05, 0.1) is 11.3 Å². The third-order valence-corrected chi connectivity index (χ3v) is 3.37. The lowest BCUT2D eigenvalue weighted by atomic mass is 10.1. The maximum absolute atomic E-state index is 13.2. The minimum absolute atomic E-state index is 0.0232. The first-order valence-electron chi connectivity index (χ1n) is 6.37. The van der Waals surface area contributed by atoms with Crippen LogP contribution in [-0.4, -0.2) is 0 Å². The number of hydrogen-bond donors (Lipinski definition) is 0. The lowest BCUT2D eigenvalue weighted by molar-refractivity contribution is -0.137. The highest BCUT2D eigenvalue weighted by Crippen LogP contribution is 2.38. The summed E-state index contributed by atoms with van der Waals surface area (Å²) in [6.45, 7) is 7.47. The average molecular weight is 324 g/mol. The molecule has 0 fully saturated rings. The molecule has 0 bridgehead atoms. The van der Waals surface area contributed by atoms with Crippen LogP contribution in [0.4, 0.5) is 18.9 Å². The van der Waals surface area contributed by atoms with Crippen molar-refractivity contribution >= 4 is 23.0 Å². The van der Waals surface area contributed by atoms with Gasteiger partial charge in [0.25, 0.3) is 0 Å². The summed E-state index contributed by atoms with van der Waals surface area (Å²) in [5.74, 6) is 0. The second-order valence-corrected chi connectivity index (χ2v) is 4.96. The van der Waals surface area contributed by atoms with Crippen LogP contribution in [0.1, 0.15) is 11.1 Å². The van der Waals surface area contributed by atoms with E-state index < -0.39 is 11.7 Å². The van der Waals surface area contributed by atoms with E-state index in [1.54, 1.807) is 24.3 Å². The van der Waals surface area contributed by atoms with Crippen LogP contribution in [0.25, 0.3) is 5.70 Å². The predicted molar refractivity (Wildman–Crippen MR) is 84.6 cm³/mol. The van der Waals surface area contributed by atoms with Crippen molar-refractivity contribution in [2.24, 2.45) is 0 Å². The van der Waals surface area contributed by atoms with E-state index >= 15 is 0 Å². The molecule has 0 radical (unpaired) electrons. The quantitative estimate of drug-likeness (QED) is 0.669. The molecule has 114 valence electrons. The van der Waals surface area contributed by atoms with Gasteiger partial charge >= 0.3 is 6.18 Å². The summed E-state index contributed by atoms with van der Waals surface area (Å²) in [6.07, 6.45) is -3.15. The number of benzene rings is 2. The Labute approximate surface area is 131 Å². The van der Waals surface area contributed by atoms with Gasteiger partial charge in [-0.2, -0.15) is 13.2 Å². The van der Waals surface area contributed by atoms with Crippen molar-refractivity contribution in [1.82, 2.24) is 0 Å². The standard InChI is InChI=1S/C17H13ClF3N/c1-3-22(12(2)13-8-10-14(18)11-9-13)16-7-5-4-6-15(16)17(19,20)21/h3-11H,1-2H2. The molecule has 0 atom stereocenters. The molecule has 2 aromatic rings. The predicted octanol–water partition coefficient (Wildman–Crippen LogP) is 5.98. The topological polar surface area (TPSA) is 3.24 Å². The molecule has 0 amide bonds. The van der Waals surface area contributed by atoms with Crippen LogP contribution < -0.4 is 4.90 Å². The Bertz CT molecular complexity index is 690.